The van der Waals surface area contributed by atoms with Crippen LogP contribution in [0.25, 0.3) is 0 Å². The first kappa shape index (κ1) is 15.5. The van der Waals surface area contributed by atoms with E-state index in [2.05, 4.69) is 24.8 Å². The first-order chi connectivity index (χ1) is 10.7. The molecular weight excluding hydrogens is 278 g/mol. The molecule has 0 saturated heterocycles. The highest BCUT2D eigenvalue weighted by atomic mass is 16.7. The third-order valence-electron chi connectivity index (χ3n) is 5.08. The van der Waals surface area contributed by atoms with E-state index < -0.39 is 0 Å². The number of hydrogen-bond donors (Lipinski definition) is 0. The SMILES string of the molecule is CC[C@@H](C)N(Cc1cc2c(cc1OC)OCO2)C1CCCC1. The number of fused-ring (bicyclic) bond motifs is 1. The standard InChI is InChI=1S/C18H27NO3/c1-4-13(2)19(15-7-5-6-8-15)11-14-9-17-18(22-12-21-17)10-16(14)20-3/h9-10,13,15H,4-8,11-12H2,1-3H3/t13-/m1/s1. The van der Waals surface area contributed by atoms with Crippen LogP contribution >= 0.6 is 0 Å². The fourth-order valence-corrected chi connectivity index (χ4v) is 3.59. The van der Waals surface area contributed by atoms with E-state index >= 15 is 0 Å². The molecule has 0 aromatic heterocycles. The Hall–Kier alpha value is -1.42. The second-order valence-electron chi connectivity index (χ2n) is 6.39. The highest BCUT2D eigenvalue weighted by Crippen LogP contribution is 2.39. The van der Waals surface area contributed by atoms with Crippen LogP contribution in [-0.2, 0) is 6.54 Å². The molecule has 2 aliphatic rings. The Balaban J connectivity index is 1.85. The van der Waals surface area contributed by atoms with E-state index in [9.17, 15) is 0 Å². The van der Waals surface area contributed by atoms with Gasteiger partial charge in [-0.2, -0.15) is 0 Å². The van der Waals surface area contributed by atoms with E-state index in [4.69, 9.17) is 14.2 Å². The first-order valence-corrected chi connectivity index (χ1v) is 8.45. The van der Waals surface area contributed by atoms with E-state index in [1.807, 2.05) is 6.07 Å². The summed E-state index contributed by atoms with van der Waals surface area (Å²) in [6.45, 7) is 5.82. The van der Waals surface area contributed by atoms with Gasteiger partial charge in [0.25, 0.3) is 0 Å². The predicted molar refractivity (Wildman–Crippen MR) is 86.7 cm³/mol. The molecule has 0 bridgehead atoms. The van der Waals surface area contributed by atoms with Gasteiger partial charge in [-0.15, -0.1) is 0 Å². The molecule has 4 heteroatoms. The Morgan fingerprint density at radius 2 is 1.91 bits per heavy atom. The van der Waals surface area contributed by atoms with Crippen molar-refractivity contribution >= 4 is 0 Å². The van der Waals surface area contributed by atoms with Crippen LogP contribution in [0.3, 0.4) is 0 Å². The molecule has 1 aliphatic carbocycles. The maximum absolute atomic E-state index is 5.59. The largest absolute Gasteiger partial charge is 0.496 e. The van der Waals surface area contributed by atoms with Crippen molar-refractivity contribution in [3.8, 4) is 17.2 Å². The van der Waals surface area contributed by atoms with Gasteiger partial charge in [-0.05, 0) is 32.3 Å². The lowest BCUT2D eigenvalue weighted by Gasteiger charge is -2.34. The molecule has 1 aromatic carbocycles. The molecule has 1 heterocycles. The lowest BCUT2D eigenvalue weighted by molar-refractivity contribution is 0.131. The van der Waals surface area contributed by atoms with Crippen LogP contribution in [0.4, 0.5) is 0 Å². The van der Waals surface area contributed by atoms with Gasteiger partial charge in [0.1, 0.15) is 5.75 Å². The molecule has 3 rings (SSSR count). The molecule has 0 spiro atoms. The zero-order valence-corrected chi connectivity index (χ0v) is 13.9. The van der Waals surface area contributed by atoms with Crippen LogP contribution in [0.1, 0.15) is 51.5 Å². The summed E-state index contributed by atoms with van der Waals surface area (Å²) in [6, 6.07) is 5.33. The van der Waals surface area contributed by atoms with Crippen LogP contribution in [0.15, 0.2) is 12.1 Å². The summed E-state index contributed by atoms with van der Waals surface area (Å²) < 4.78 is 16.6. The number of rotatable bonds is 6. The first-order valence-electron chi connectivity index (χ1n) is 8.45. The highest BCUT2D eigenvalue weighted by molar-refractivity contribution is 5.51. The minimum atomic E-state index is 0.305. The molecule has 0 amide bonds. The van der Waals surface area contributed by atoms with Crippen molar-refractivity contribution in [1.82, 2.24) is 4.90 Å². The van der Waals surface area contributed by atoms with Crippen LogP contribution in [0.5, 0.6) is 17.2 Å². The quantitative estimate of drug-likeness (QED) is 0.796. The Kier molecular flexibility index (Phi) is 4.77. The summed E-state index contributed by atoms with van der Waals surface area (Å²) in [5.74, 6) is 2.53. The van der Waals surface area contributed by atoms with E-state index in [-0.39, 0.29) is 0 Å². The van der Waals surface area contributed by atoms with Crippen LogP contribution in [-0.4, -0.2) is 30.9 Å². The molecule has 1 saturated carbocycles. The van der Waals surface area contributed by atoms with Gasteiger partial charge in [-0.3, -0.25) is 4.90 Å². The third-order valence-corrected chi connectivity index (χ3v) is 5.08. The highest BCUT2D eigenvalue weighted by Gasteiger charge is 2.27. The lowest BCUT2D eigenvalue weighted by Crippen LogP contribution is -2.39. The minimum absolute atomic E-state index is 0.305. The van der Waals surface area contributed by atoms with E-state index in [0.717, 1.165) is 23.8 Å². The smallest absolute Gasteiger partial charge is 0.231 e. The zero-order valence-electron chi connectivity index (χ0n) is 13.9. The predicted octanol–water partition coefficient (Wildman–Crippen LogP) is 3.97. The van der Waals surface area contributed by atoms with Crippen molar-refractivity contribution in [1.29, 1.82) is 0 Å². The number of methoxy groups -OCH3 is 1. The van der Waals surface area contributed by atoms with Gasteiger partial charge >= 0.3 is 0 Å². The molecule has 0 unspecified atom stereocenters. The number of hydrogen-bond acceptors (Lipinski definition) is 4. The van der Waals surface area contributed by atoms with Gasteiger partial charge in [-0.25, -0.2) is 0 Å². The Morgan fingerprint density at radius 3 is 2.55 bits per heavy atom. The molecule has 1 aromatic rings. The third kappa shape index (κ3) is 3.02. The molecule has 0 N–H and O–H groups in total. The molecule has 0 radical (unpaired) electrons. The number of nitrogens with zero attached hydrogens (tertiary/aromatic N) is 1. The second-order valence-corrected chi connectivity index (χ2v) is 6.39. The summed E-state index contributed by atoms with van der Waals surface area (Å²) in [5.41, 5.74) is 1.19. The summed E-state index contributed by atoms with van der Waals surface area (Å²) >= 11 is 0. The van der Waals surface area contributed by atoms with Crippen molar-refractivity contribution in [2.75, 3.05) is 13.9 Å². The molecule has 1 aliphatic heterocycles. The second kappa shape index (κ2) is 6.78. The van der Waals surface area contributed by atoms with Crippen molar-refractivity contribution in [3.05, 3.63) is 17.7 Å². The molecule has 22 heavy (non-hydrogen) atoms. The van der Waals surface area contributed by atoms with E-state index in [1.54, 1.807) is 7.11 Å². The number of ether oxygens (including phenoxy) is 3. The Morgan fingerprint density at radius 1 is 1.23 bits per heavy atom. The summed E-state index contributed by atoms with van der Waals surface area (Å²) in [5, 5.41) is 0. The average Bonchev–Trinajstić information content (AvgIpc) is 3.21. The van der Waals surface area contributed by atoms with E-state index in [0.29, 0.717) is 18.9 Å². The lowest BCUT2D eigenvalue weighted by atomic mass is 10.1. The summed E-state index contributed by atoms with van der Waals surface area (Å²) in [4.78, 5) is 2.65. The van der Waals surface area contributed by atoms with Gasteiger partial charge < -0.3 is 14.2 Å². The molecular formula is C18H27NO3. The van der Waals surface area contributed by atoms with Crippen molar-refractivity contribution in [2.24, 2.45) is 0 Å². The maximum atomic E-state index is 5.59. The summed E-state index contributed by atoms with van der Waals surface area (Å²) in [7, 11) is 1.73. The average molecular weight is 305 g/mol. The fraction of sp³-hybridized carbons (Fsp3) is 0.667. The molecule has 1 atom stereocenters. The monoisotopic (exact) mass is 305 g/mol. The van der Waals surface area contributed by atoms with Crippen molar-refractivity contribution in [2.45, 2.75) is 64.6 Å². The Labute approximate surface area is 133 Å². The van der Waals surface area contributed by atoms with Gasteiger partial charge in [0.15, 0.2) is 11.5 Å². The van der Waals surface area contributed by atoms with Crippen molar-refractivity contribution < 1.29 is 14.2 Å². The zero-order chi connectivity index (χ0) is 15.5. The molecule has 4 nitrogen and oxygen atoms in total. The van der Waals surface area contributed by atoms with Crippen LogP contribution < -0.4 is 14.2 Å². The minimum Gasteiger partial charge on any atom is -0.496 e. The molecule has 122 valence electrons. The Bertz CT molecular complexity index is 511. The normalized spacial score (nSPS) is 18.9. The number of benzene rings is 1. The topological polar surface area (TPSA) is 30.9 Å². The van der Waals surface area contributed by atoms with Gasteiger partial charge in [-0.1, -0.05) is 19.8 Å². The van der Waals surface area contributed by atoms with Gasteiger partial charge in [0.2, 0.25) is 6.79 Å². The van der Waals surface area contributed by atoms with E-state index in [1.165, 1.54) is 37.7 Å². The maximum Gasteiger partial charge on any atom is 0.231 e. The van der Waals surface area contributed by atoms with Gasteiger partial charge in [0, 0.05) is 30.3 Å². The van der Waals surface area contributed by atoms with Crippen molar-refractivity contribution in [3.63, 3.8) is 0 Å². The van der Waals surface area contributed by atoms with Crippen LogP contribution in [0.2, 0.25) is 0 Å². The molecule has 1 fully saturated rings. The summed E-state index contributed by atoms with van der Waals surface area (Å²) in [6.07, 6.45) is 6.52. The van der Waals surface area contributed by atoms with Gasteiger partial charge in [0.05, 0.1) is 7.11 Å². The van der Waals surface area contributed by atoms with Crippen LogP contribution in [0, 0.1) is 0 Å². The fourth-order valence-electron chi connectivity index (χ4n) is 3.59.